The van der Waals surface area contributed by atoms with Gasteiger partial charge in [0.05, 0.1) is 31.2 Å². The average Bonchev–Trinajstić information content (AvgIpc) is 2.63. The number of halogens is 1. The van der Waals surface area contributed by atoms with Gasteiger partial charge < -0.3 is 10.1 Å². The molecule has 0 atom stereocenters. The Bertz CT molecular complexity index is 929. The lowest BCUT2D eigenvalue weighted by Crippen LogP contribution is -2.38. The maximum atomic E-state index is 13.2. The largest absolute Gasteiger partial charge is 0.465 e. The van der Waals surface area contributed by atoms with E-state index in [9.17, 15) is 22.4 Å². The quantitative estimate of drug-likeness (QED) is 0.723. The molecule has 0 aliphatic heterocycles. The van der Waals surface area contributed by atoms with E-state index in [-0.39, 0.29) is 24.2 Å². The summed E-state index contributed by atoms with van der Waals surface area (Å²) in [4.78, 5) is 23.5. The number of amides is 1. The van der Waals surface area contributed by atoms with Crippen LogP contribution in [0.4, 0.5) is 10.1 Å². The van der Waals surface area contributed by atoms with E-state index in [1.54, 1.807) is 0 Å². The molecule has 0 bridgehead atoms. The number of esters is 1. The minimum atomic E-state index is -3.62. The van der Waals surface area contributed by atoms with Crippen molar-refractivity contribution in [3.8, 4) is 0 Å². The van der Waals surface area contributed by atoms with E-state index < -0.39 is 27.7 Å². The number of carbonyl (C=O) groups is 2. The molecule has 1 N–H and O–H groups in total. The van der Waals surface area contributed by atoms with Gasteiger partial charge in [-0.15, -0.1) is 0 Å². The number of hydrogen-bond donors (Lipinski definition) is 1. The number of nitrogens with one attached hydrogen (secondary N) is 1. The molecule has 0 aliphatic carbocycles. The first-order valence-electron chi connectivity index (χ1n) is 7.92. The van der Waals surface area contributed by atoms with E-state index in [1.807, 2.05) is 0 Å². The van der Waals surface area contributed by atoms with Gasteiger partial charge >= 0.3 is 5.97 Å². The SMILES string of the molecule is COC(=O)c1ccc(N(CCNC(=O)c2cccc(F)c2)S(C)(=O)=O)cc1. The van der Waals surface area contributed by atoms with Crippen LogP contribution in [0.5, 0.6) is 0 Å². The first-order valence-corrected chi connectivity index (χ1v) is 9.77. The van der Waals surface area contributed by atoms with Crippen molar-refractivity contribution in [2.24, 2.45) is 0 Å². The van der Waals surface area contributed by atoms with Crippen LogP contribution in [0.1, 0.15) is 20.7 Å². The van der Waals surface area contributed by atoms with Gasteiger partial charge in [0.15, 0.2) is 0 Å². The highest BCUT2D eigenvalue weighted by atomic mass is 32.2. The Labute approximate surface area is 156 Å². The first-order chi connectivity index (χ1) is 12.7. The van der Waals surface area contributed by atoms with Crippen LogP contribution in [0, 0.1) is 5.82 Å². The zero-order chi connectivity index (χ0) is 20.0. The Hall–Kier alpha value is -2.94. The number of methoxy groups -OCH3 is 1. The number of carbonyl (C=O) groups excluding carboxylic acids is 2. The summed E-state index contributed by atoms with van der Waals surface area (Å²) < 4.78 is 43.0. The summed E-state index contributed by atoms with van der Waals surface area (Å²) in [7, 11) is -2.37. The highest BCUT2D eigenvalue weighted by molar-refractivity contribution is 7.92. The lowest BCUT2D eigenvalue weighted by Gasteiger charge is -2.22. The summed E-state index contributed by atoms with van der Waals surface area (Å²) in [6, 6.07) is 11.0. The second kappa shape index (κ2) is 8.63. The molecular formula is C18H19FN2O5S. The van der Waals surface area contributed by atoms with E-state index in [1.165, 1.54) is 49.6 Å². The van der Waals surface area contributed by atoms with Gasteiger partial charge in [-0.25, -0.2) is 17.6 Å². The molecule has 0 radical (unpaired) electrons. The van der Waals surface area contributed by atoms with Gasteiger partial charge in [-0.3, -0.25) is 9.10 Å². The van der Waals surface area contributed by atoms with Crippen LogP contribution in [0.25, 0.3) is 0 Å². The molecule has 9 heteroatoms. The Morgan fingerprint density at radius 2 is 1.78 bits per heavy atom. The predicted molar refractivity (Wildman–Crippen MR) is 98.7 cm³/mol. The maximum Gasteiger partial charge on any atom is 0.337 e. The molecule has 0 saturated carbocycles. The molecule has 0 unspecified atom stereocenters. The average molecular weight is 394 g/mol. The van der Waals surface area contributed by atoms with Crippen LogP contribution < -0.4 is 9.62 Å². The van der Waals surface area contributed by atoms with Crippen molar-refractivity contribution in [2.45, 2.75) is 0 Å². The molecule has 0 spiro atoms. The number of anilines is 1. The van der Waals surface area contributed by atoms with E-state index in [0.29, 0.717) is 5.69 Å². The van der Waals surface area contributed by atoms with Gasteiger partial charge in [-0.1, -0.05) is 6.07 Å². The van der Waals surface area contributed by atoms with Gasteiger partial charge in [0.1, 0.15) is 5.82 Å². The molecule has 2 aromatic carbocycles. The van der Waals surface area contributed by atoms with Gasteiger partial charge in [0.2, 0.25) is 10.0 Å². The molecule has 27 heavy (non-hydrogen) atoms. The molecule has 2 rings (SSSR count). The normalized spacial score (nSPS) is 10.9. The van der Waals surface area contributed by atoms with Crippen molar-refractivity contribution in [1.29, 1.82) is 0 Å². The molecule has 0 aliphatic rings. The third-order valence-corrected chi connectivity index (χ3v) is 4.86. The van der Waals surface area contributed by atoms with Crippen LogP contribution in [0.3, 0.4) is 0 Å². The Morgan fingerprint density at radius 1 is 1.11 bits per heavy atom. The van der Waals surface area contributed by atoms with Crippen LogP contribution >= 0.6 is 0 Å². The second-order valence-electron chi connectivity index (χ2n) is 5.64. The van der Waals surface area contributed by atoms with Crippen molar-refractivity contribution >= 4 is 27.6 Å². The fourth-order valence-electron chi connectivity index (χ4n) is 2.37. The van der Waals surface area contributed by atoms with Crippen molar-refractivity contribution in [3.05, 3.63) is 65.5 Å². The summed E-state index contributed by atoms with van der Waals surface area (Å²) in [5.74, 6) is -1.58. The molecule has 1 amide bonds. The fourth-order valence-corrected chi connectivity index (χ4v) is 3.30. The highest BCUT2D eigenvalue weighted by Gasteiger charge is 2.18. The molecule has 7 nitrogen and oxygen atoms in total. The van der Waals surface area contributed by atoms with Gasteiger partial charge in [0, 0.05) is 12.1 Å². The lowest BCUT2D eigenvalue weighted by atomic mass is 10.2. The van der Waals surface area contributed by atoms with Crippen LogP contribution in [-0.2, 0) is 14.8 Å². The van der Waals surface area contributed by atoms with Crippen LogP contribution in [-0.4, -0.2) is 46.7 Å². The Balaban J connectivity index is 2.07. The van der Waals surface area contributed by atoms with Gasteiger partial charge in [0.25, 0.3) is 5.91 Å². The standard InChI is InChI=1S/C18H19FN2O5S/c1-26-18(23)13-6-8-16(9-7-13)21(27(2,24)25)11-10-20-17(22)14-4-3-5-15(19)12-14/h3-9,12H,10-11H2,1-2H3,(H,20,22). The third-order valence-electron chi connectivity index (χ3n) is 3.66. The third kappa shape index (κ3) is 5.52. The summed E-state index contributed by atoms with van der Waals surface area (Å²) in [5.41, 5.74) is 0.766. The zero-order valence-electron chi connectivity index (χ0n) is 14.8. The second-order valence-corrected chi connectivity index (χ2v) is 7.55. The molecule has 0 heterocycles. The van der Waals surface area contributed by atoms with Crippen molar-refractivity contribution in [2.75, 3.05) is 30.8 Å². The Kier molecular flexibility index (Phi) is 6.51. The fraction of sp³-hybridized carbons (Fsp3) is 0.222. The number of sulfonamides is 1. The smallest absolute Gasteiger partial charge is 0.337 e. The van der Waals surface area contributed by atoms with Crippen LogP contribution in [0.2, 0.25) is 0 Å². The Morgan fingerprint density at radius 3 is 2.33 bits per heavy atom. The summed E-state index contributed by atoms with van der Waals surface area (Å²) in [6.07, 6.45) is 1.04. The number of benzene rings is 2. The molecule has 0 aromatic heterocycles. The van der Waals surface area contributed by atoms with Gasteiger partial charge in [-0.2, -0.15) is 0 Å². The topological polar surface area (TPSA) is 92.8 Å². The molecule has 0 saturated heterocycles. The minimum absolute atomic E-state index is 0.0150. The highest BCUT2D eigenvalue weighted by Crippen LogP contribution is 2.18. The van der Waals surface area contributed by atoms with E-state index >= 15 is 0 Å². The van der Waals surface area contributed by atoms with Crippen molar-refractivity contribution in [1.82, 2.24) is 5.32 Å². The molecule has 144 valence electrons. The minimum Gasteiger partial charge on any atom is -0.465 e. The summed E-state index contributed by atoms with van der Waals surface area (Å²) >= 11 is 0. The number of ether oxygens (including phenoxy) is 1. The monoisotopic (exact) mass is 394 g/mol. The number of rotatable bonds is 7. The zero-order valence-corrected chi connectivity index (χ0v) is 15.6. The molecular weight excluding hydrogens is 375 g/mol. The van der Waals surface area contributed by atoms with Gasteiger partial charge in [-0.05, 0) is 42.5 Å². The summed E-state index contributed by atoms with van der Waals surface area (Å²) in [5, 5.41) is 2.55. The predicted octanol–water partition coefficient (Wildman–Crippen LogP) is 1.81. The molecule has 2 aromatic rings. The number of nitrogens with zero attached hydrogens (tertiary/aromatic N) is 1. The van der Waals surface area contributed by atoms with Crippen molar-refractivity contribution in [3.63, 3.8) is 0 Å². The van der Waals surface area contributed by atoms with E-state index in [0.717, 1.165) is 16.6 Å². The van der Waals surface area contributed by atoms with Crippen LogP contribution in [0.15, 0.2) is 48.5 Å². The lowest BCUT2D eigenvalue weighted by molar-refractivity contribution is 0.0600. The van der Waals surface area contributed by atoms with Crippen molar-refractivity contribution < 1.29 is 27.1 Å². The number of hydrogen-bond acceptors (Lipinski definition) is 5. The first kappa shape index (κ1) is 20.4. The summed E-state index contributed by atoms with van der Waals surface area (Å²) in [6.45, 7) is -0.0152. The maximum absolute atomic E-state index is 13.2. The van der Waals surface area contributed by atoms with E-state index in [4.69, 9.17) is 0 Å². The molecule has 0 fully saturated rings. The van der Waals surface area contributed by atoms with E-state index in [2.05, 4.69) is 10.1 Å².